The molecule has 4 N–H and O–H groups in total. The minimum atomic E-state index is -0.713. The Labute approximate surface area is 161 Å². The van der Waals surface area contributed by atoms with Gasteiger partial charge in [0.2, 0.25) is 0 Å². The number of amides is 2. The van der Waals surface area contributed by atoms with Crippen LogP contribution in [0.1, 0.15) is 60.1 Å². The van der Waals surface area contributed by atoms with E-state index in [1.807, 2.05) is 0 Å². The second kappa shape index (κ2) is 7.61. The lowest BCUT2D eigenvalue weighted by Gasteiger charge is -2.30. The van der Waals surface area contributed by atoms with Crippen molar-refractivity contribution >= 4 is 34.3 Å². The number of nitrogens with one attached hydrogen (secondary N) is 2. The number of fused-ring (bicyclic) bond motifs is 1. The third-order valence-electron chi connectivity index (χ3n) is 5.10. The molecule has 1 aliphatic rings. The van der Waals surface area contributed by atoms with E-state index in [0.717, 1.165) is 19.3 Å². The molecule has 7 heteroatoms. The molecule has 0 bridgehead atoms. The molecule has 1 saturated carbocycles. The molecule has 27 heavy (non-hydrogen) atoms. The first-order chi connectivity index (χ1) is 12.8. The topological polar surface area (TPSA) is 88.0 Å². The summed E-state index contributed by atoms with van der Waals surface area (Å²) in [4.78, 5) is 26.6. The second-order valence-electron chi connectivity index (χ2n) is 6.91. The third-order valence-corrected chi connectivity index (χ3v) is 5.57. The highest BCUT2D eigenvalue weighted by molar-refractivity contribution is 6.37. The van der Waals surface area contributed by atoms with Crippen LogP contribution in [0.15, 0.2) is 6.07 Å². The molecule has 0 saturated heterocycles. The molecular weight excluding hydrogens is 369 g/mol. The lowest BCUT2D eigenvalue weighted by molar-refractivity contribution is -0.116. The lowest BCUT2D eigenvalue weighted by Crippen LogP contribution is -2.37. The van der Waals surface area contributed by atoms with Crippen molar-refractivity contribution in [2.45, 2.75) is 51.5 Å². The molecular formula is C20H21ClFN3O2. The smallest absolute Gasteiger partial charge is 0.296 e. The van der Waals surface area contributed by atoms with E-state index in [9.17, 15) is 9.59 Å². The van der Waals surface area contributed by atoms with Gasteiger partial charge in [-0.1, -0.05) is 23.9 Å². The number of rotatable bonds is 3. The zero-order valence-corrected chi connectivity index (χ0v) is 16.0. The molecule has 1 aromatic carbocycles. The average Bonchev–Trinajstić information content (AvgIpc) is 2.90. The number of H-pyrrole nitrogens is 1. The Balaban J connectivity index is 2.04. The predicted octanol–water partition coefficient (Wildman–Crippen LogP) is 3.53. The number of aromatic amines is 1. The van der Waals surface area contributed by atoms with Gasteiger partial charge in [-0.3, -0.25) is 9.59 Å². The van der Waals surface area contributed by atoms with Gasteiger partial charge < -0.3 is 16.0 Å². The number of hydrogen-bond donors (Lipinski definition) is 3. The molecule has 0 radical (unpaired) electrons. The minimum Gasteiger partial charge on any atom is -0.366 e. The highest BCUT2D eigenvalue weighted by Crippen LogP contribution is 2.42. The molecule has 0 spiro atoms. The second-order valence-corrected chi connectivity index (χ2v) is 7.28. The molecule has 1 aromatic heterocycles. The van der Waals surface area contributed by atoms with E-state index in [-0.39, 0.29) is 23.4 Å². The fraction of sp³-hybridized carbons (Fsp3) is 0.400. The number of carbonyl (C=O) groups excluding carboxylic acids is 2. The first-order valence-electron chi connectivity index (χ1n) is 8.86. The standard InChI is InChI=1S/C20H21ClFN3O2/c1-3-5-15(26)25-12-7-4-6-11(8-12)16-14(22)9-13(20(23)27)19-17(16)18(21)10(2)24-19/h9,11-12,24H,4,6-8H2,1-2H3,(H2,23,27)(H,25,26)/t11?,12-/m0/s1. The van der Waals surface area contributed by atoms with E-state index >= 15 is 4.39 Å². The van der Waals surface area contributed by atoms with Crippen LogP contribution in [0.2, 0.25) is 5.02 Å². The first kappa shape index (κ1) is 19.2. The molecule has 142 valence electrons. The molecule has 2 atom stereocenters. The van der Waals surface area contributed by atoms with E-state index in [0.29, 0.717) is 33.6 Å². The average molecular weight is 390 g/mol. The molecule has 3 rings (SSSR count). The molecule has 1 heterocycles. The fourth-order valence-electron chi connectivity index (χ4n) is 3.96. The van der Waals surface area contributed by atoms with Gasteiger partial charge in [-0.05, 0) is 51.0 Å². The van der Waals surface area contributed by atoms with Crippen LogP contribution in [-0.4, -0.2) is 22.8 Å². The quantitative estimate of drug-likeness (QED) is 0.701. The summed E-state index contributed by atoms with van der Waals surface area (Å²) in [5.74, 6) is 3.38. The molecule has 1 fully saturated rings. The van der Waals surface area contributed by atoms with Crippen LogP contribution >= 0.6 is 11.6 Å². The van der Waals surface area contributed by atoms with Crippen LogP contribution in [0.4, 0.5) is 4.39 Å². The van der Waals surface area contributed by atoms with Crippen LogP contribution in [-0.2, 0) is 4.79 Å². The van der Waals surface area contributed by atoms with Crippen molar-refractivity contribution in [2.75, 3.05) is 0 Å². The van der Waals surface area contributed by atoms with E-state index in [1.54, 1.807) is 13.8 Å². The summed E-state index contributed by atoms with van der Waals surface area (Å²) >= 11 is 6.44. The largest absolute Gasteiger partial charge is 0.366 e. The Morgan fingerprint density at radius 2 is 2.15 bits per heavy atom. The predicted molar refractivity (Wildman–Crippen MR) is 103 cm³/mol. The van der Waals surface area contributed by atoms with Gasteiger partial charge in [0, 0.05) is 22.7 Å². The number of hydrogen-bond acceptors (Lipinski definition) is 2. The molecule has 5 nitrogen and oxygen atoms in total. The highest BCUT2D eigenvalue weighted by atomic mass is 35.5. The molecule has 2 aromatic rings. The fourth-order valence-corrected chi connectivity index (χ4v) is 4.21. The number of aromatic nitrogens is 1. The van der Waals surface area contributed by atoms with E-state index in [1.165, 1.54) is 6.07 Å². The van der Waals surface area contributed by atoms with Gasteiger partial charge in [0.25, 0.3) is 11.8 Å². The maximum absolute atomic E-state index is 15.0. The Hall–Kier alpha value is -2.52. The lowest BCUT2D eigenvalue weighted by atomic mass is 9.79. The summed E-state index contributed by atoms with van der Waals surface area (Å²) in [7, 11) is 0. The summed E-state index contributed by atoms with van der Waals surface area (Å²) in [6.07, 6.45) is 3.01. The van der Waals surface area contributed by atoms with Crippen molar-refractivity contribution in [2.24, 2.45) is 5.73 Å². The maximum Gasteiger partial charge on any atom is 0.296 e. The van der Waals surface area contributed by atoms with Crippen molar-refractivity contribution in [1.29, 1.82) is 0 Å². The van der Waals surface area contributed by atoms with Gasteiger partial charge in [0.15, 0.2) is 0 Å². The number of primary amides is 1. The Bertz CT molecular complexity index is 987. The summed E-state index contributed by atoms with van der Waals surface area (Å²) in [6, 6.07) is 1.10. The van der Waals surface area contributed by atoms with Gasteiger partial charge >= 0.3 is 0 Å². The Morgan fingerprint density at radius 3 is 2.81 bits per heavy atom. The van der Waals surface area contributed by atoms with Crippen LogP contribution < -0.4 is 11.1 Å². The molecule has 0 aliphatic heterocycles. The van der Waals surface area contributed by atoms with E-state index in [2.05, 4.69) is 22.1 Å². The van der Waals surface area contributed by atoms with Crippen molar-refractivity contribution in [3.63, 3.8) is 0 Å². The SMILES string of the molecule is CC#CC(=O)N[C@H]1CCCC(c2c(F)cc(C(N)=O)c3[nH]c(C)c(Cl)c23)C1. The molecule has 1 unspecified atom stereocenters. The monoisotopic (exact) mass is 389 g/mol. The molecule has 2 amide bonds. The van der Waals surface area contributed by atoms with Crippen LogP contribution in [0, 0.1) is 24.6 Å². The van der Waals surface area contributed by atoms with Crippen LogP contribution in [0.25, 0.3) is 10.9 Å². The van der Waals surface area contributed by atoms with Crippen LogP contribution in [0.5, 0.6) is 0 Å². The maximum atomic E-state index is 15.0. The normalized spacial score (nSPS) is 19.4. The van der Waals surface area contributed by atoms with E-state index < -0.39 is 11.7 Å². The summed E-state index contributed by atoms with van der Waals surface area (Å²) < 4.78 is 15.0. The first-order valence-corrected chi connectivity index (χ1v) is 9.24. The number of benzene rings is 1. The third kappa shape index (κ3) is 3.65. The van der Waals surface area contributed by atoms with Gasteiger partial charge in [0.05, 0.1) is 16.1 Å². The number of carbonyl (C=O) groups is 2. The van der Waals surface area contributed by atoms with E-state index in [4.69, 9.17) is 17.3 Å². The Morgan fingerprint density at radius 1 is 1.41 bits per heavy atom. The molecule has 1 aliphatic carbocycles. The van der Waals surface area contributed by atoms with Gasteiger partial charge in [-0.15, -0.1) is 0 Å². The van der Waals surface area contributed by atoms with Crippen LogP contribution in [0.3, 0.4) is 0 Å². The van der Waals surface area contributed by atoms with Gasteiger partial charge in [0.1, 0.15) is 5.82 Å². The van der Waals surface area contributed by atoms with Crippen molar-refractivity contribution in [3.05, 3.63) is 33.7 Å². The summed E-state index contributed by atoms with van der Waals surface area (Å²) in [5, 5.41) is 3.79. The van der Waals surface area contributed by atoms with Gasteiger partial charge in [-0.25, -0.2) is 4.39 Å². The zero-order valence-electron chi connectivity index (χ0n) is 15.2. The number of halogens is 2. The number of nitrogens with two attached hydrogens (primary N) is 1. The minimum absolute atomic E-state index is 0.0822. The van der Waals surface area contributed by atoms with Crippen molar-refractivity contribution < 1.29 is 14.0 Å². The van der Waals surface area contributed by atoms with Gasteiger partial charge in [-0.2, -0.15) is 0 Å². The summed E-state index contributed by atoms with van der Waals surface area (Å²) in [5.41, 5.74) is 7.09. The summed E-state index contributed by atoms with van der Waals surface area (Å²) in [6.45, 7) is 3.37. The van der Waals surface area contributed by atoms with Crippen molar-refractivity contribution in [1.82, 2.24) is 10.3 Å². The zero-order chi connectivity index (χ0) is 19.7. The Kier molecular flexibility index (Phi) is 5.43. The van der Waals surface area contributed by atoms with Crippen molar-refractivity contribution in [3.8, 4) is 11.8 Å². The highest BCUT2D eigenvalue weighted by Gasteiger charge is 2.30. The number of aryl methyl sites for hydroxylation is 1.